The van der Waals surface area contributed by atoms with Crippen LogP contribution in [0, 0.1) is 0 Å². The first-order chi connectivity index (χ1) is 9.26. The minimum absolute atomic E-state index is 0.0100. The molecule has 0 unspecified atom stereocenters. The Morgan fingerprint density at radius 1 is 1.05 bits per heavy atom. The van der Waals surface area contributed by atoms with Crippen LogP contribution in [0.3, 0.4) is 0 Å². The van der Waals surface area contributed by atoms with Crippen molar-refractivity contribution in [3.63, 3.8) is 0 Å². The zero-order valence-electron chi connectivity index (χ0n) is 10.8. The number of unbranched alkanes of at least 4 members (excludes halogenated alkanes) is 2. The molecule has 0 aromatic carbocycles. The van der Waals surface area contributed by atoms with E-state index in [1.54, 1.807) is 4.90 Å². The van der Waals surface area contributed by atoms with Crippen molar-refractivity contribution in [3.05, 3.63) is 20.9 Å². The van der Waals surface area contributed by atoms with Crippen LogP contribution in [0.5, 0.6) is 0 Å². The Hall–Kier alpha value is -1.43. The van der Waals surface area contributed by atoms with Crippen LogP contribution in [-0.2, 0) is 4.79 Å². The number of halogens is 1. The van der Waals surface area contributed by atoms with Crippen LogP contribution in [0.25, 0.3) is 20.9 Å². The van der Waals surface area contributed by atoms with Gasteiger partial charge in [0.05, 0.1) is 0 Å². The molecule has 0 aliphatic rings. The van der Waals surface area contributed by atoms with Crippen molar-refractivity contribution in [1.29, 1.82) is 0 Å². The number of hydrogen-bond acceptors (Lipinski definition) is 3. The van der Waals surface area contributed by atoms with Crippen LogP contribution in [0.2, 0.25) is 0 Å². The minimum atomic E-state index is 0.0100. The molecule has 0 saturated heterocycles. The summed E-state index contributed by atoms with van der Waals surface area (Å²) in [7, 11) is 0. The quantitative estimate of drug-likeness (QED) is 0.186. The lowest BCUT2D eigenvalue weighted by molar-refractivity contribution is -0.131. The Morgan fingerprint density at radius 2 is 1.63 bits per heavy atom. The number of hydrogen-bond donors (Lipinski definition) is 0. The molecule has 0 aromatic rings. The van der Waals surface area contributed by atoms with Gasteiger partial charge < -0.3 is 4.90 Å². The molecular weight excluding hydrogens is 314 g/mol. The molecule has 0 heterocycles. The molecule has 0 radical (unpaired) electrons. The lowest BCUT2D eigenvalue weighted by atomic mass is 10.2. The Kier molecular flexibility index (Phi) is 12.0. The molecule has 0 aliphatic heterocycles. The second-order valence-corrected chi connectivity index (χ2v) is 4.58. The molecule has 106 valence electrons. The van der Waals surface area contributed by atoms with Gasteiger partial charge in [0.15, 0.2) is 0 Å². The van der Waals surface area contributed by atoms with E-state index in [-0.39, 0.29) is 19.0 Å². The molecule has 8 nitrogen and oxygen atoms in total. The van der Waals surface area contributed by atoms with Crippen molar-refractivity contribution in [1.82, 2.24) is 4.90 Å². The number of carbonyl (C=O) groups excluding carboxylic acids is 1. The predicted octanol–water partition coefficient (Wildman–Crippen LogP) is 3.39. The van der Waals surface area contributed by atoms with E-state index in [0.717, 1.165) is 24.6 Å². The van der Waals surface area contributed by atoms with Gasteiger partial charge in [-0.15, -0.1) is 0 Å². The molecule has 0 N–H and O–H groups in total. The summed E-state index contributed by atoms with van der Waals surface area (Å²) in [6.07, 6.45) is 3.35. The highest BCUT2D eigenvalue weighted by Gasteiger charge is 2.11. The van der Waals surface area contributed by atoms with Crippen LogP contribution in [-0.4, -0.2) is 42.3 Å². The summed E-state index contributed by atoms with van der Waals surface area (Å²) in [6, 6.07) is 0. The number of nitrogens with zero attached hydrogens (tertiary/aromatic N) is 7. The second-order valence-electron chi connectivity index (χ2n) is 3.79. The summed E-state index contributed by atoms with van der Waals surface area (Å²) >= 11 is 3.34. The highest BCUT2D eigenvalue weighted by Crippen LogP contribution is 2.05. The molecular formula is C10H18BrN7O. The first-order valence-corrected chi connectivity index (χ1v) is 7.23. The molecule has 0 spiro atoms. The Morgan fingerprint density at radius 3 is 2.11 bits per heavy atom. The summed E-state index contributed by atoms with van der Waals surface area (Å²) in [4.78, 5) is 18.8. The standard InChI is InChI=1S/C10H18BrN7O/c11-5-3-1-2-4-10(19)18(8-6-14-16-12)9-7-15-17-13/h1-9H2. The van der Waals surface area contributed by atoms with Crippen molar-refractivity contribution in [2.24, 2.45) is 10.2 Å². The van der Waals surface area contributed by atoms with Gasteiger partial charge in [-0.05, 0) is 23.9 Å². The first kappa shape index (κ1) is 17.6. The van der Waals surface area contributed by atoms with E-state index in [1.165, 1.54) is 0 Å². The van der Waals surface area contributed by atoms with E-state index in [0.29, 0.717) is 19.5 Å². The zero-order chi connectivity index (χ0) is 14.3. The summed E-state index contributed by atoms with van der Waals surface area (Å²) in [6.45, 7) is 1.20. The first-order valence-electron chi connectivity index (χ1n) is 6.11. The monoisotopic (exact) mass is 331 g/mol. The Balaban J connectivity index is 4.14. The van der Waals surface area contributed by atoms with E-state index in [9.17, 15) is 4.79 Å². The molecule has 0 fully saturated rings. The van der Waals surface area contributed by atoms with Crippen molar-refractivity contribution < 1.29 is 4.79 Å². The van der Waals surface area contributed by atoms with Gasteiger partial charge in [-0.2, -0.15) is 0 Å². The molecule has 0 aliphatic carbocycles. The van der Waals surface area contributed by atoms with Gasteiger partial charge in [-0.3, -0.25) is 4.79 Å². The van der Waals surface area contributed by atoms with Gasteiger partial charge in [-0.1, -0.05) is 32.6 Å². The zero-order valence-corrected chi connectivity index (χ0v) is 12.4. The average Bonchev–Trinajstić information content (AvgIpc) is 2.42. The Bertz CT molecular complexity index is 328. The van der Waals surface area contributed by atoms with E-state index >= 15 is 0 Å². The summed E-state index contributed by atoms with van der Waals surface area (Å²) in [5, 5.41) is 7.76. The van der Waals surface area contributed by atoms with Crippen molar-refractivity contribution in [3.8, 4) is 0 Å². The molecule has 0 saturated carbocycles. The van der Waals surface area contributed by atoms with E-state index in [2.05, 4.69) is 36.0 Å². The second kappa shape index (κ2) is 13.0. The number of amides is 1. The van der Waals surface area contributed by atoms with Gasteiger partial charge in [0.1, 0.15) is 0 Å². The highest BCUT2D eigenvalue weighted by atomic mass is 79.9. The normalized spacial score (nSPS) is 9.32. The SMILES string of the molecule is [N-]=[N+]=NCCN(CCN=[N+]=[N-])C(=O)CCCCCBr. The fraction of sp³-hybridized carbons (Fsp3) is 0.900. The fourth-order valence-electron chi connectivity index (χ4n) is 1.49. The molecule has 1 amide bonds. The summed E-state index contributed by atoms with van der Waals surface area (Å²) in [5.41, 5.74) is 16.4. The molecule has 0 aromatic heterocycles. The molecule has 0 atom stereocenters. The number of carbonyl (C=O) groups is 1. The predicted molar refractivity (Wildman–Crippen MR) is 76.9 cm³/mol. The van der Waals surface area contributed by atoms with Crippen LogP contribution < -0.4 is 0 Å². The smallest absolute Gasteiger partial charge is 0.222 e. The molecule has 0 rings (SSSR count). The van der Waals surface area contributed by atoms with E-state index in [4.69, 9.17) is 11.1 Å². The fourth-order valence-corrected chi connectivity index (χ4v) is 1.88. The lowest BCUT2D eigenvalue weighted by Crippen LogP contribution is -2.35. The van der Waals surface area contributed by atoms with Crippen molar-refractivity contribution >= 4 is 21.8 Å². The van der Waals surface area contributed by atoms with Crippen LogP contribution in [0.1, 0.15) is 25.7 Å². The third-order valence-electron chi connectivity index (χ3n) is 2.44. The van der Waals surface area contributed by atoms with Crippen molar-refractivity contribution in [2.75, 3.05) is 31.5 Å². The summed E-state index contributed by atoms with van der Waals surface area (Å²) < 4.78 is 0. The van der Waals surface area contributed by atoms with E-state index in [1.807, 2.05) is 0 Å². The maximum Gasteiger partial charge on any atom is 0.222 e. The third kappa shape index (κ3) is 10.2. The van der Waals surface area contributed by atoms with Crippen LogP contribution in [0.4, 0.5) is 0 Å². The molecule has 0 bridgehead atoms. The average molecular weight is 332 g/mol. The highest BCUT2D eigenvalue weighted by molar-refractivity contribution is 9.09. The third-order valence-corrected chi connectivity index (χ3v) is 3.00. The van der Waals surface area contributed by atoms with Crippen LogP contribution in [0.15, 0.2) is 10.2 Å². The minimum Gasteiger partial charge on any atom is -0.342 e. The maximum absolute atomic E-state index is 11.9. The maximum atomic E-state index is 11.9. The number of alkyl halides is 1. The van der Waals surface area contributed by atoms with Gasteiger partial charge in [-0.25, -0.2) is 0 Å². The van der Waals surface area contributed by atoms with Gasteiger partial charge >= 0.3 is 0 Å². The van der Waals surface area contributed by atoms with Gasteiger partial charge in [0.25, 0.3) is 0 Å². The topological polar surface area (TPSA) is 118 Å². The van der Waals surface area contributed by atoms with Gasteiger partial charge in [0, 0.05) is 47.8 Å². The van der Waals surface area contributed by atoms with Gasteiger partial charge in [0.2, 0.25) is 5.91 Å². The van der Waals surface area contributed by atoms with Crippen molar-refractivity contribution in [2.45, 2.75) is 25.7 Å². The largest absolute Gasteiger partial charge is 0.342 e. The summed E-state index contributed by atoms with van der Waals surface area (Å²) in [5.74, 6) is 0.0100. The lowest BCUT2D eigenvalue weighted by Gasteiger charge is -2.21. The van der Waals surface area contributed by atoms with E-state index < -0.39 is 0 Å². The molecule has 9 heteroatoms. The molecule has 19 heavy (non-hydrogen) atoms. The Labute approximate surface area is 120 Å². The number of azide groups is 2. The van der Waals surface area contributed by atoms with Crippen LogP contribution >= 0.6 is 15.9 Å². The number of rotatable bonds is 11.